The summed E-state index contributed by atoms with van der Waals surface area (Å²) in [5.41, 5.74) is 8.26. The average Bonchev–Trinajstić information content (AvgIpc) is 2.17. The maximum atomic E-state index is 6.66. The number of hydrogen-bond donors (Lipinski definition) is 1. The molecule has 1 nitrogen and oxygen atoms in total. The minimum absolute atomic E-state index is 0.0605. The van der Waals surface area contributed by atoms with Gasteiger partial charge in [0.1, 0.15) is 0 Å². The van der Waals surface area contributed by atoms with Crippen LogP contribution in [0.3, 0.4) is 0 Å². The summed E-state index contributed by atoms with van der Waals surface area (Å²) in [4.78, 5) is 0. The molecule has 18 heavy (non-hydrogen) atoms. The fourth-order valence-electron chi connectivity index (χ4n) is 3.95. The molecule has 0 spiro atoms. The van der Waals surface area contributed by atoms with E-state index in [4.69, 9.17) is 17.3 Å². The summed E-state index contributed by atoms with van der Waals surface area (Å²) < 4.78 is 0. The van der Waals surface area contributed by atoms with E-state index in [1.807, 2.05) is 12.1 Å². The standard InChI is InChI=1S/C16H24ClN/c1-12-8-15(2,3)11-16(18,9-12)10-13-4-6-14(17)7-5-13/h4-7,12H,8-11,18H2,1-3H3. The zero-order chi connectivity index (χ0) is 13.4. The molecule has 2 rings (SSSR count). The highest BCUT2D eigenvalue weighted by atomic mass is 35.5. The second-order valence-corrected chi connectivity index (χ2v) is 7.46. The first-order chi connectivity index (χ1) is 8.28. The first-order valence-electron chi connectivity index (χ1n) is 6.81. The van der Waals surface area contributed by atoms with Crippen molar-refractivity contribution in [1.82, 2.24) is 0 Å². The second kappa shape index (κ2) is 4.86. The Labute approximate surface area is 116 Å². The predicted molar refractivity (Wildman–Crippen MR) is 78.9 cm³/mol. The van der Waals surface area contributed by atoms with Crippen LogP contribution in [0.15, 0.2) is 24.3 Å². The number of rotatable bonds is 2. The molecule has 100 valence electrons. The number of benzene rings is 1. The normalized spacial score (nSPS) is 31.3. The lowest BCUT2D eigenvalue weighted by Gasteiger charge is -2.46. The maximum absolute atomic E-state index is 6.66. The Kier molecular flexibility index (Phi) is 3.75. The van der Waals surface area contributed by atoms with Crippen LogP contribution in [-0.2, 0) is 6.42 Å². The largest absolute Gasteiger partial charge is 0.325 e. The van der Waals surface area contributed by atoms with E-state index in [9.17, 15) is 0 Å². The first-order valence-corrected chi connectivity index (χ1v) is 7.19. The third-order valence-electron chi connectivity index (χ3n) is 3.96. The van der Waals surface area contributed by atoms with E-state index in [0.717, 1.165) is 24.3 Å². The highest BCUT2D eigenvalue weighted by molar-refractivity contribution is 6.30. The molecule has 2 atom stereocenters. The third kappa shape index (κ3) is 3.49. The van der Waals surface area contributed by atoms with Crippen molar-refractivity contribution in [2.45, 2.75) is 52.0 Å². The van der Waals surface area contributed by atoms with E-state index in [1.54, 1.807) is 0 Å². The van der Waals surface area contributed by atoms with Crippen LogP contribution in [0.25, 0.3) is 0 Å². The van der Waals surface area contributed by atoms with E-state index in [-0.39, 0.29) is 5.54 Å². The minimum Gasteiger partial charge on any atom is -0.325 e. The number of halogens is 1. The quantitative estimate of drug-likeness (QED) is 0.841. The van der Waals surface area contributed by atoms with Gasteiger partial charge in [0.05, 0.1) is 0 Å². The molecule has 0 bridgehead atoms. The maximum Gasteiger partial charge on any atom is 0.0406 e. The van der Waals surface area contributed by atoms with Gasteiger partial charge in [-0.05, 0) is 54.7 Å². The molecule has 2 N–H and O–H groups in total. The van der Waals surface area contributed by atoms with Gasteiger partial charge in [0, 0.05) is 10.6 Å². The van der Waals surface area contributed by atoms with Crippen LogP contribution in [0, 0.1) is 11.3 Å². The lowest BCUT2D eigenvalue weighted by Crippen LogP contribution is -2.50. The molecule has 0 aliphatic heterocycles. The molecule has 2 heteroatoms. The Morgan fingerprint density at radius 2 is 1.83 bits per heavy atom. The molecule has 0 heterocycles. The molecule has 0 radical (unpaired) electrons. The molecule has 1 aliphatic rings. The van der Waals surface area contributed by atoms with Gasteiger partial charge >= 0.3 is 0 Å². The molecule has 0 saturated heterocycles. The van der Waals surface area contributed by atoms with Crippen molar-refractivity contribution in [3.8, 4) is 0 Å². The van der Waals surface area contributed by atoms with Crippen molar-refractivity contribution >= 4 is 11.6 Å². The first kappa shape index (κ1) is 13.9. The lowest BCUT2D eigenvalue weighted by molar-refractivity contribution is 0.108. The third-order valence-corrected chi connectivity index (χ3v) is 4.21. The number of hydrogen-bond acceptors (Lipinski definition) is 1. The predicted octanol–water partition coefficient (Wildman–Crippen LogP) is 4.43. The zero-order valence-corrected chi connectivity index (χ0v) is 12.4. The van der Waals surface area contributed by atoms with E-state index in [0.29, 0.717) is 11.3 Å². The second-order valence-electron chi connectivity index (χ2n) is 7.02. The SMILES string of the molecule is CC1CC(C)(C)CC(N)(Cc2ccc(Cl)cc2)C1. The summed E-state index contributed by atoms with van der Waals surface area (Å²) in [5, 5.41) is 0.794. The Hall–Kier alpha value is -0.530. The Bertz CT molecular complexity index is 410. The molecule has 1 aromatic rings. The molecule has 0 amide bonds. The fourth-order valence-corrected chi connectivity index (χ4v) is 4.08. The van der Waals surface area contributed by atoms with Crippen LogP contribution >= 0.6 is 11.6 Å². The Morgan fingerprint density at radius 1 is 1.22 bits per heavy atom. The van der Waals surface area contributed by atoms with Crippen molar-refractivity contribution < 1.29 is 0 Å². The summed E-state index contributed by atoms with van der Waals surface area (Å²) in [6, 6.07) is 8.11. The van der Waals surface area contributed by atoms with Crippen molar-refractivity contribution in [3.63, 3.8) is 0 Å². The van der Waals surface area contributed by atoms with Gasteiger partial charge in [0.15, 0.2) is 0 Å². The summed E-state index contributed by atoms with van der Waals surface area (Å²) in [7, 11) is 0. The Morgan fingerprint density at radius 3 is 2.39 bits per heavy atom. The summed E-state index contributed by atoms with van der Waals surface area (Å²) >= 11 is 5.93. The van der Waals surface area contributed by atoms with E-state index >= 15 is 0 Å². The topological polar surface area (TPSA) is 26.0 Å². The monoisotopic (exact) mass is 265 g/mol. The highest BCUT2D eigenvalue weighted by Gasteiger charge is 2.40. The Balaban J connectivity index is 2.13. The molecule has 1 saturated carbocycles. The van der Waals surface area contributed by atoms with Crippen molar-refractivity contribution in [2.75, 3.05) is 0 Å². The molecule has 0 aromatic heterocycles. The molecule has 1 fully saturated rings. The molecular formula is C16H24ClN. The van der Waals surface area contributed by atoms with Crippen molar-refractivity contribution in [2.24, 2.45) is 17.1 Å². The molecular weight excluding hydrogens is 242 g/mol. The van der Waals surface area contributed by atoms with Gasteiger partial charge in [0.2, 0.25) is 0 Å². The van der Waals surface area contributed by atoms with Crippen molar-refractivity contribution in [3.05, 3.63) is 34.9 Å². The van der Waals surface area contributed by atoms with Crippen LogP contribution < -0.4 is 5.73 Å². The van der Waals surface area contributed by atoms with Crippen LogP contribution in [0.1, 0.15) is 45.6 Å². The summed E-state index contributed by atoms with van der Waals surface area (Å²) in [6.07, 6.45) is 4.47. The summed E-state index contributed by atoms with van der Waals surface area (Å²) in [6.45, 7) is 7.00. The van der Waals surface area contributed by atoms with Crippen LogP contribution in [0.4, 0.5) is 0 Å². The fraction of sp³-hybridized carbons (Fsp3) is 0.625. The minimum atomic E-state index is -0.0605. The van der Waals surface area contributed by atoms with Gasteiger partial charge < -0.3 is 5.73 Å². The van der Waals surface area contributed by atoms with Gasteiger partial charge in [-0.25, -0.2) is 0 Å². The van der Waals surface area contributed by atoms with Gasteiger partial charge in [0.25, 0.3) is 0 Å². The average molecular weight is 266 g/mol. The summed E-state index contributed by atoms with van der Waals surface area (Å²) in [5.74, 6) is 0.714. The van der Waals surface area contributed by atoms with Crippen LogP contribution in [0.5, 0.6) is 0 Å². The van der Waals surface area contributed by atoms with E-state index in [2.05, 4.69) is 32.9 Å². The molecule has 1 aromatic carbocycles. The van der Waals surface area contributed by atoms with Gasteiger partial charge in [-0.15, -0.1) is 0 Å². The van der Waals surface area contributed by atoms with Gasteiger partial charge in [-0.2, -0.15) is 0 Å². The van der Waals surface area contributed by atoms with Crippen molar-refractivity contribution in [1.29, 1.82) is 0 Å². The molecule has 1 aliphatic carbocycles. The van der Waals surface area contributed by atoms with E-state index in [1.165, 1.54) is 12.0 Å². The highest BCUT2D eigenvalue weighted by Crippen LogP contribution is 2.43. The van der Waals surface area contributed by atoms with Crippen LogP contribution in [0.2, 0.25) is 5.02 Å². The zero-order valence-electron chi connectivity index (χ0n) is 11.7. The van der Waals surface area contributed by atoms with E-state index < -0.39 is 0 Å². The smallest absolute Gasteiger partial charge is 0.0406 e. The van der Waals surface area contributed by atoms with Crippen LogP contribution in [-0.4, -0.2) is 5.54 Å². The van der Waals surface area contributed by atoms with Gasteiger partial charge in [-0.1, -0.05) is 44.5 Å². The molecule has 2 unspecified atom stereocenters. The van der Waals surface area contributed by atoms with Gasteiger partial charge in [-0.3, -0.25) is 0 Å². The number of nitrogens with two attached hydrogens (primary N) is 1. The lowest BCUT2D eigenvalue weighted by atomic mass is 9.63.